The zero-order valence-electron chi connectivity index (χ0n) is 16.3. The molecule has 1 aromatic heterocycles. The number of Topliss-reactive ketones (excluding diaryl/α,β-unsaturated/α-hetero) is 1. The molecule has 1 aromatic rings. The number of aliphatic hydroxyl groups excluding tert-OH is 2. The zero-order chi connectivity index (χ0) is 20.9. The Hall–Kier alpha value is -2.32. The highest BCUT2D eigenvalue weighted by Crippen LogP contribution is 2.26. The lowest BCUT2D eigenvalue weighted by Crippen LogP contribution is -2.35. The molecule has 3 atom stereocenters. The Morgan fingerprint density at radius 1 is 1.26 bits per heavy atom. The van der Waals surface area contributed by atoms with E-state index in [-0.39, 0.29) is 23.1 Å². The summed E-state index contributed by atoms with van der Waals surface area (Å²) < 4.78 is 1.45. The largest absolute Gasteiger partial charge is 0.477 e. The van der Waals surface area contributed by atoms with Crippen molar-refractivity contribution in [3.05, 3.63) is 33.7 Å². The Labute approximate surface area is 158 Å². The summed E-state index contributed by atoms with van der Waals surface area (Å²) in [6.07, 6.45) is -0.170. The predicted octanol–water partition coefficient (Wildman–Crippen LogP) is 1.63. The summed E-state index contributed by atoms with van der Waals surface area (Å²) in [5.74, 6) is -2.34. The molecule has 0 radical (unpaired) electrons. The van der Waals surface area contributed by atoms with Gasteiger partial charge in [-0.25, -0.2) is 4.79 Å². The van der Waals surface area contributed by atoms with Crippen LogP contribution >= 0.6 is 0 Å². The summed E-state index contributed by atoms with van der Waals surface area (Å²) in [7, 11) is 0. The number of rotatable bonds is 9. The monoisotopic (exact) mass is 380 g/mol. The van der Waals surface area contributed by atoms with Gasteiger partial charge in [0, 0.05) is 18.0 Å². The minimum absolute atomic E-state index is 0.0722. The lowest BCUT2D eigenvalue weighted by Gasteiger charge is -2.27. The van der Waals surface area contributed by atoms with Crippen LogP contribution < -0.4 is 5.43 Å². The van der Waals surface area contributed by atoms with Crippen LogP contribution in [0.2, 0.25) is 0 Å². The number of aromatic nitrogens is 1. The van der Waals surface area contributed by atoms with Crippen molar-refractivity contribution in [1.82, 2.24) is 4.57 Å². The van der Waals surface area contributed by atoms with E-state index >= 15 is 0 Å². The van der Waals surface area contributed by atoms with E-state index in [2.05, 4.69) is 4.99 Å². The van der Waals surface area contributed by atoms with Crippen molar-refractivity contribution in [3.8, 4) is 0 Å². The average molecular weight is 380 g/mol. The number of carbonyl (C=O) groups is 2. The average Bonchev–Trinajstić information content (AvgIpc) is 2.60. The molecule has 0 aliphatic heterocycles. The summed E-state index contributed by atoms with van der Waals surface area (Å²) in [5, 5.41) is 29.4. The third-order valence-electron chi connectivity index (χ3n) is 4.54. The van der Waals surface area contributed by atoms with Gasteiger partial charge < -0.3 is 19.9 Å². The fourth-order valence-electron chi connectivity index (χ4n) is 2.62. The minimum atomic E-state index is -1.34. The van der Waals surface area contributed by atoms with Gasteiger partial charge in [0.05, 0.1) is 12.2 Å². The molecule has 0 amide bonds. The first-order valence-electron chi connectivity index (χ1n) is 8.90. The molecule has 8 nitrogen and oxygen atoms in total. The Morgan fingerprint density at radius 2 is 1.85 bits per heavy atom. The van der Waals surface area contributed by atoms with E-state index in [0.29, 0.717) is 6.42 Å². The van der Waals surface area contributed by atoms with Crippen molar-refractivity contribution < 1.29 is 24.9 Å². The number of carboxylic acid groups (broad SMARTS) is 1. The van der Waals surface area contributed by atoms with Crippen molar-refractivity contribution in [2.45, 2.75) is 59.9 Å². The number of ketones is 1. The van der Waals surface area contributed by atoms with E-state index in [1.807, 2.05) is 13.8 Å². The van der Waals surface area contributed by atoms with Crippen molar-refractivity contribution >= 4 is 17.5 Å². The van der Waals surface area contributed by atoms with Crippen molar-refractivity contribution in [2.24, 2.45) is 16.8 Å². The van der Waals surface area contributed by atoms with Gasteiger partial charge in [-0.3, -0.25) is 14.6 Å². The summed E-state index contributed by atoms with van der Waals surface area (Å²) in [4.78, 5) is 39.8. The lowest BCUT2D eigenvalue weighted by molar-refractivity contribution is -0.130. The zero-order valence-corrected chi connectivity index (χ0v) is 16.3. The lowest BCUT2D eigenvalue weighted by atomic mass is 10.0. The SMILES string of the molecule is CCC(C)[C@@H](/N=C(\C(=O)O)[C@@H](O)C(C)C)n1cc(C(C)=O)c(=O)cc1CO. The summed E-state index contributed by atoms with van der Waals surface area (Å²) in [5.41, 5.74) is -0.780. The number of aliphatic imine (C=N–C) groups is 1. The van der Waals surface area contributed by atoms with Crippen LogP contribution in [-0.4, -0.2) is 43.5 Å². The Morgan fingerprint density at radius 3 is 2.26 bits per heavy atom. The molecule has 0 spiro atoms. The number of pyridine rings is 1. The molecule has 27 heavy (non-hydrogen) atoms. The second-order valence-electron chi connectivity index (χ2n) is 6.97. The standard InChI is InChI=1S/C19H28N2O6/c1-6-11(4)18(20-16(19(26)27)17(25)10(2)3)21-8-14(12(5)23)15(24)7-13(21)9-22/h7-8,10-11,17-18,22,25H,6,9H2,1-5H3,(H,26,27)/b20-16-/t11?,17-,18-/m0/s1. The predicted molar refractivity (Wildman–Crippen MR) is 101 cm³/mol. The Kier molecular flexibility index (Phi) is 8.05. The molecule has 0 saturated carbocycles. The number of hydrogen-bond donors (Lipinski definition) is 3. The molecule has 1 unspecified atom stereocenters. The van der Waals surface area contributed by atoms with Gasteiger partial charge in [-0.1, -0.05) is 27.7 Å². The maximum absolute atomic E-state index is 12.1. The second kappa shape index (κ2) is 9.57. The van der Waals surface area contributed by atoms with Crippen LogP contribution in [-0.2, 0) is 11.4 Å². The summed E-state index contributed by atoms with van der Waals surface area (Å²) >= 11 is 0. The maximum atomic E-state index is 12.1. The highest BCUT2D eigenvalue weighted by Gasteiger charge is 2.28. The summed E-state index contributed by atoms with van der Waals surface area (Å²) in [6.45, 7) is 7.85. The number of carboxylic acids is 1. The molecule has 0 aliphatic rings. The number of aliphatic hydroxyl groups is 2. The van der Waals surface area contributed by atoms with Gasteiger partial charge in [0.2, 0.25) is 0 Å². The molecule has 1 rings (SSSR count). The number of nitrogens with zero attached hydrogens (tertiary/aromatic N) is 2. The van der Waals surface area contributed by atoms with Gasteiger partial charge >= 0.3 is 5.97 Å². The normalized spacial score (nSPS) is 15.5. The molecule has 0 aromatic carbocycles. The molecule has 8 heteroatoms. The second-order valence-corrected chi connectivity index (χ2v) is 6.97. The van der Waals surface area contributed by atoms with E-state index < -0.39 is 41.8 Å². The third kappa shape index (κ3) is 5.33. The van der Waals surface area contributed by atoms with Gasteiger partial charge in [-0.05, 0) is 25.2 Å². The molecule has 1 heterocycles. The van der Waals surface area contributed by atoms with Crippen LogP contribution in [0.4, 0.5) is 0 Å². The maximum Gasteiger partial charge on any atom is 0.352 e. The van der Waals surface area contributed by atoms with Crippen LogP contribution in [0.15, 0.2) is 22.1 Å². The van der Waals surface area contributed by atoms with Gasteiger partial charge in [0.25, 0.3) is 0 Å². The van der Waals surface area contributed by atoms with E-state index in [0.717, 1.165) is 6.07 Å². The molecule has 0 bridgehead atoms. The van der Waals surface area contributed by atoms with E-state index in [1.165, 1.54) is 17.7 Å². The van der Waals surface area contributed by atoms with Gasteiger partial charge in [-0.2, -0.15) is 0 Å². The van der Waals surface area contributed by atoms with E-state index in [1.54, 1.807) is 13.8 Å². The Balaban J connectivity index is 3.72. The topological polar surface area (TPSA) is 129 Å². The van der Waals surface area contributed by atoms with Crippen LogP contribution in [0.1, 0.15) is 63.3 Å². The van der Waals surface area contributed by atoms with Crippen LogP contribution in [0.3, 0.4) is 0 Å². The molecular formula is C19H28N2O6. The number of carbonyl (C=O) groups excluding carboxylic acids is 1. The van der Waals surface area contributed by atoms with Crippen LogP contribution in [0.25, 0.3) is 0 Å². The van der Waals surface area contributed by atoms with E-state index in [9.17, 15) is 29.7 Å². The molecule has 0 aliphatic carbocycles. The van der Waals surface area contributed by atoms with Gasteiger partial charge in [0.1, 0.15) is 12.3 Å². The minimum Gasteiger partial charge on any atom is -0.477 e. The molecule has 150 valence electrons. The number of hydrogen-bond acceptors (Lipinski definition) is 6. The molecule has 3 N–H and O–H groups in total. The summed E-state index contributed by atoms with van der Waals surface area (Å²) in [6, 6.07) is 1.15. The quantitative estimate of drug-likeness (QED) is 0.441. The van der Waals surface area contributed by atoms with Gasteiger partial charge in [-0.15, -0.1) is 0 Å². The van der Waals surface area contributed by atoms with Gasteiger partial charge in [0.15, 0.2) is 16.9 Å². The van der Waals surface area contributed by atoms with E-state index in [4.69, 9.17) is 0 Å². The third-order valence-corrected chi connectivity index (χ3v) is 4.54. The fourth-order valence-corrected chi connectivity index (χ4v) is 2.62. The Bertz CT molecular complexity index is 781. The first-order chi connectivity index (χ1) is 12.5. The highest BCUT2D eigenvalue weighted by molar-refractivity contribution is 6.37. The first-order valence-corrected chi connectivity index (χ1v) is 8.90. The van der Waals surface area contributed by atoms with Crippen LogP contribution in [0, 0.1) is 11.8 Å². The molecule has 0 fully saturated rings. The van der Waals surface area contributed by atoms with Crippen molar-refractivity contribution in [3.63, 3.8) is 0 Å². The first kappa shape index (κ1) is 22.7. The van der Waals surface area contributed by atoms with Crippen molar-refractivity contribution in [2.75, 3.05) is 0 Å². The molecular weight excluding hydrogens is 352 g/mol. The number of aliphatic carboxylic acids is 1. The fraction of sp³-hybridized carbons (Fsp3) is 0.579. The van der Waals surface area contributed by atoms with Crippen molar-refractivity contribution in [1.29, 1.82) is 0 Å². The molecule has 0 saturated heterocycles. The highest BCUT2D eigenvalue weighted by atomic mass is 16.4. The smallest absolute Gasteiger partial charge is 0.352 e. The van der Waals surface area contributed by atoms with Crippen LogP contribution in [0.5, 0.6) is 0 Å².